The molecule has 1 atom stereocenters. The summed E-state index contributed by atoms with van der Waals surface area (Å²) in [4.78, 5) is 42.8. The molecular formula is C22H25FN2O4. The first-order valence-electron chi connectivity index (χ1n) is 9.62. The number of carbonyl (C=O) groups is 3. The number of ether oxygens (including phenoxy) is 1. The Labute approximate surface area is 169 Å². The predicted molar refractivity (Wildman–Crippen MR) is 106 cm³/mol. The molecule has 29 heavy (non-hydrogen) atoms. The Hall–Kier alpha value is -2.96. The Balaban J connectivity index is 1.93. The Bertz CT molecular complexity index is 962. The molecule has 154 valence electrons. The number of amides is 1. The molecule has 2 aromatic rings. The zero-order valence-electron chi connectivity index (χ0n) is 17.0. The van der Waals surface area contributed by atoms with Crippen LogP contribution in [-0.2, 0) is 4.74 Å². The maximum Gasteiger partial charge on any atom is 0.354 e. The smallest absolute Gasteiger partial charge is 0.354 e. The summed E-state index contributed by atoms with van der Waals surface area (Å²) in [6.45, 7) is 5.49. The number of methoxy groups -OCH3 is 1. The molecule has 0 saturated heterocycles. The molecule has 1 saturated carbocycles. The summed E-state index contributed by atoms with van der Waals surface area (Å²) in [5.41, 5.74) is 1.86. The molecule has 1 aromatic carbocycles. The molecule has 1 aliphatic carbocycles. The highest BCUT2D eigenvalue weighted by molar-refractivity contribution is 6.07. The van der Waals surface area contributed by atoms with Gasteiger partial charge in [0.2, 0.25) is 0 Å². The van der Waals surface area contributed by atoms with Gasteiger partial charge in [-0.15, -0.1) is 0 Å². The first-order chi connectivity index (χ1) is 13.7. The van der Waals surface area contributed by atoms with E-state index in [1.165, 1.54) is 30.2 Å². The fraction of sp³-hybridized carbons (Fsp3) is 0.409. The van der Waals surface area contributed by atoms with Crippen molar-refractivity contribution in [3.8, 4) is 0 Å². The molecule has 1 N–H and O–H groups in total. The molecule has 0 aliphatic heterocycles. The van der Waals surface area contributed by atoms with E-state index < -0.39 is 17.8 Å². The number of benzene rings is 1. The minimum atomic E-state index is -0.759. The fourth-order valence-corrected chi connectivity index (χ4v) is 3.56. The quantitative estimate of drug-likeness (QED) is 0.568. The van der Waals surface area contributed by atoms with E-state index >= 15 is 0 Å². The number of rotatable bonds is 7. The van der Waals surface area contributed by atoms with Gasteiger partial charge in [0.25, 0.3) is 5.91 Å². The van der Waals surface area contributed by atoms with Crippen LogP contribution in [0, 0.1) is 25.6 Å². The number of aromatic nitrogens is 1. The van der Waals surface area contributed by atoms with Gasteiger partial charge >= 0.3 is 5.97 Å². The standard InChI is InChI=1S/C22H25FN2O4/c1-12-18(13(2)24-19(12)22(28)29-4)20(26)14(3)25(11-15-8-9-15)21(27)16-6-5-7-17(23)10-16/h5-7,10,14-15,24H,8-9,11H2,1-4H3. The van der Waals surface area contributed by atoms with Crippen LogP contribution in [0.1, 0.15) is 62.2 Å². The molecule has 0 radical (unpaired) electrons. The highest BCUT2D eigenvalue weighted by Gasteiger charge is 2.35. The number of aryl methyl sites for hydroxylation is 1. The van der Waals surface area contributed by atoms with Crippen molar-refractivity contribution in [1.29, 1.82) is 0 Å². The monoisotopic (exact) mass is 400 g/mol. The number of carbonyl (C=O) groups excluding carboxylic acids is 3. The van der Waals surface area contributed by atoms with Crippen molar-refractivity contribution < 1.29 is 23.5 Å². The van der Waals surface area contributed by atoms with E-state index in [1.807, 2.05) is 0 Å². The molecule has 1 unspecified atom stereocenters. The van der Waals surface area contributed by atoms with Gasteiger partial charge in [0.15, 0.2) is 5.78 Å². The number of halogens is 1. The van der Waals surface area contributed by atoms with E-state index in [1.54, 1.807) is 26.8 Å². The molecule has 6 nitrogen and oxygen atoms in total. The van der Waals surface area contributed by atoms with E-state index in [-0.39, 0.29) is 22.9 Å². The molecular weight excluding hydrogens is 375 g/mol. The lowest BCUT2D eigenvalue weighted by Crippen LogP contribution is -2.44. The number of hydrogen-bond acceptors (Lipinski definition) is 4. The number of ketones is 1. The lowest BCUT2D eigenvalue weighted by molar-refractivity contribution is 0.0592. The average molecular weight is 400 g/mol. The Morgan fingerprint density at radius 2 is 1.97 bits per heavy atom. The first-order valence-corrected chi connectivity index (χ1v) is 9.62. The zero-order chi connectivity index (χ0) is 21.3. The van der Waals surface area contributed by atoms with Crippen LogP contribution in [0.5, 0.6) is 0 Å². The van der Waals surface area contributed by atoms with E-state index in [9.17, 15) is 18.8 Å². The molecule has 1 fully saturated rings. The largest absolute Gasteiger partial charge is 0.464 e. The summed E-state index contributed by atoms with van der Waals surface area (Å²) in [7, 11) is 1.27. The number of nitrogens with zero attached hydrogens (tertiary/aromatic N) is 1. The Morgan fingerprint density at radius 3 is 2.55 bits per heavy atom. The lowest BCUT2D eigenvalue weighted by atomic mass is 9.99. The highest BCUT2D eigenvalue weighted by atomic mass is 19.1. The van der Waals surface area contributed by atoms with Crippen molar-refractivity contribution in [2.24, 2.45) is 5.92 Å². The number of hydrogen-bond donors (Lipinski definition) is 1. The number of H-pyrrole nitrogens is 1. The van der Waals surface area contributed by atoms with Gasteiger partial charge in [0.05, 0.1) is 13.2 Å². The van der Waals surface area contributed by atoms with Crippen LogP contribution in [0.2, 0.25) is 0 Å². The van der Waals surface area contributed by atoms with Gasteiger partial charge in [0, 0.05) is 23.4 Å². The van der Waals surface area contributed by atoms with Gasteiger partial charge in [-0.05, 0) is 63.3 Å². The van der Waals surface area contributed by atoms with E-state index in [0.717, 1.165) is 12.8 Å². The third kappa shape index (κ3) is 4.23. The number of aromatic amines is 1. The molecule has 0 bridgehead atoms. The minimum absolute atomic E-state index is 0.211. The summed E-state index contributed by atoms with van der Waals surface area (Å²) >= 11 is 0. The molecule has 1 aromatic heterocycles. The Morgan fingerprint density at radius 1 is 1.28 bits per heavy atom. The zero-order valence-corrected chi connectivity index (χ0v) is 17.0. The molecule has 3 rings (SSSR count). The topological polar surface area (TPSA) is 79.5 Å². The maximum absolute atomic E-state index is 13.6. The van der Waals surface area contributed by atoms with Crippen molar-refractivity contribution in [3.63, 3.8) is 0 Å². The normalized spacial score (nSPS) is 14.4. The number of nitrogens with one attached hydrogen (secondary N) is 1. The van der Waals surface area contributed by atoms with Crippen LogP contribution in [0.25, 0.3) is 0 Å². The molecule has 7 heteroatoms. The van der Waals surface area contributed by atoms with E-state index in [4.69, 9.17) is 4.74 Å². The van der Waals surface area contributed by atoms with Crippen LogP contribution >= 0.6 is 0 Å². The van der Waals surface area contributed by atoms with Gasteiger partial charge in [-0.2, -0.15) is 0 Å². The molecule has 1 heterocycles. The van der Waals surface area contributed by atoms with Gasteiger partial charge in [0.1, 0.15) is 11.5 Å². The average Bonchev–Trinajstić information content (AvgIpc) is 3.47. The van der Waals surface area contributed by atoms with Crippen LogP contribution in [0.3, 0.4) is 0 Å². The van der Waals surface area contributed by atoms with Crippen LogP contribution in [-0.4, -0.2) is 47.2 Å². The number of Topliss-reactive ketones (excluding diaryl/α,β-unsaturated/α-hetero) is 1. The molecule has 1 amide bonds. The van der Waals surface area contributed by atoms with Gasteiger partial charge in [-0.25, -0.2) is 9.18 Å². The summed E-state index contributed by atoms with van der Waals surface area (Å²) in [6, 6.07) is 4.72. The van der Waals surface area contributed by atoms with Crippen LogP contribution < -0.4 is 0 Å². The van der Waals surface area contributed by atoms with Gasteiger partial charge < -0.3 is 14.6 Å². The third-order valence-corrected chi connectivity index (χ3v) is 5.40. The van der Waals surface area contributed by atoms with E-state index in [0.29, 0.717) is 29.3 Å². The summed E-state index contributed by atoms with van der Waals surface area (Å²) in [5.74, 6) is -1.35. The molecule has 1 aliphatic rings. The second-order valence-corrected chi connectivity index (χ2v) is 7.57. The number of esters is 1. The molecule has 0 spiro atoms. The van der Waals surface area contributed by atoms with Crippen molar-refractivity contribution in [2.75, 3.05) is 13.7 Å². The second kappa shape index (κ2) is 8.19. The summed E-state index contributed by atoms with van der Waals surface area (Å²) < 4.78 is 18.4. The minimum Gasteiger partial charge on any atom is -0.464 e. The third-order valence-electron chi connectivity index (χ3n) is 5.40. The summed E-state index contributed by atoms with van der Waals surface area (Å²) in [5, 5.41) is 0. The van der Waals surface area contributed by atoms with E-state index in [2.05, 4.69) is 4.98 Å². The van der Waals surface area contributed by atoms with Gasteiger partial charge in [-0.1, -0.05) is 6.07 Å². The van der Waals surface area contributed by atoms with Crippen LogP contribution in [0.15, 0.2) is 24.3 Å². The van der Waals surface area contributed by atoms with Gasteiger partial charge in [-0.3, -0.25) is 9.59 Å². The highest BCUT2D eigenvalue weighted by Crippen LogP contribution is 2.32. The SMILES string of the molecule is COC(=O)c1[nH]c(C)c(C(=O)C(C)N(CC2CC2)C(=O)c2cccc(F)c2)c1C. The first kappa shape index (κ1) is 20.8. The van der Waals surface area contributed by atoms with Crippen molar-refractivity contribution >= 4 is 17.7 Å². The van der Waals surface area contributed by atoms with Crippen molar-refractivity contribution in [3.05, 3.63) is 58.2 Å². The van der Waals surface area contributed by atoms with Crippen LogP contribution in [0.4, 0.5) is 4.39 Å². The maximum atomic E-state index is 13.6. The van der Waals surface area contributed by atoms with Crippen molar-refractivity contribution in [1.82, 2.24) is 9.88 Å². The lowest BCUT2D eigenvalue weighted by Gasteiger charge is -2.29. The fourth-order valence-electron chi connectivity index (χ4n) is 3.56. The predicted octanol–water partition coefficient (Wildman–Crippen LogP) is 3.68. The second-order valence-electron chi connectivity index (χ2n) is 7.57. The van der Waals surface area contributed by atoms with Crippen molar-refractivity contribution in [2.45, 2.75) is 39.7 Å². The summed E-state index contributed by atoms with van der Waals surface area (Å²) in [6.07, 6.45) is 2.01. The Kier molecular flexibility index (Phi) is 5.86.